The van der Waals surface area contributed by atoms with E-state index in [1.165, 1.54) is 75.6 Å². The zero-order chi connectivity index (χ0) is 23.0. The summed E-state index contributed by atoms with van der Waals surface area (Å²) in [6.45, 7) is 2.91. The fourth-order valence-electron chi connectivity index (χ4n) is 3.00. The second-order valence-corrected chi connectivity index (χ2v) is 10.8. The van der Waals surface area contributed by atoms with Crippen LogP contribution in [0.2, 0.25) is 5.02 Å². The van der Waals surface area contributed by atoms with Crippen LogP contribution >= 0.6 is 11.6 Å². The van der Waals surface area contributed by atoms with Crippen molar-refractivity contribution in [3.05, 3.63) is 70.7 Å². The van der Waals surface area contributed by atoms with E-state index in [-0.39, 0.29) is 31.5 Å². The summed E-state index contributed by atoms with van der Waals surface area (Å²) in [5.41, 5.74) is 0.305. The first-order chi connectivity index (χ1) is 14.5. The highest BCUT2D eigenvalue weighted by Gasteiger charge is 2.28. The number of nitrogens with one attached hydrogen (secondary N) is 1. The second kappa shape index (κ2) is 8.41. The molecule has 3 aromatic rings. The van der Waals surface area contributed by atoms with Gasteiger partial charge in [0.15, 0.2) is 0 Å². The standard InChI is InChI=1S/C21H20ClNO6S2/c1-13-12-19(23-31(27,28)18-10-6-16(29-3)7-11-18)14(2)21(20(13)24)30(25,26)17-8-4-15(22)5-9-17/h4-12,23-24H,1-3H3. The van der Waals surface area contributed by atoms with E-state index in [0.29, 0.717) is 10.8 Å². The number of aromatic hydroxyl groups is 1. The first-order valence-corrected chi connectivity index (χ1v) is 12.3. The number of methoxy groups -OCH3 is 1. The van der Waals surface area contributed by atoms with Crippen molar-refractivity contribution in [3.63, 3.8) is 0 Å². The number of benzene rings is 3. The predicted molar refractivity (Wildman–Crippen MR) is 118 cm³/mol. The fraction of sp³-hybridized carbons (Fsp3) is 0.143. The lowest BCUT2D eigenvalue weighted by atomic mass is 10.1. The van der Waals surface area contributed by atoms with Crippen LogP contribution in [0.4, 0.5) is 5.69 Å². The Morgan fingerprint density at radius 3 is 2.00 bits per heavy atom. The number of phenols is 1. The second-order valence-electron chi connectivity index (χ2n) is 6.78. The minimum absolute atomic E-state index is 0.0273. The van der Waals surface area contributed by atoms with Crippen molar-refractivity contribution in [1.29, 1.82) is 0 Å². The highest BCUT2D eigenvalue weighted by molar-refractivity contribution is 7.93. The van der Waals surface area contributed by atoms with Crippen LogP contribution in [0.25, 0.3) is 0 Å². The molecule has 0 atom stereocenters. The summed E-state index contributed by atoms with van der Waals surface area (Å²) in [4.78, 5) is -0.479. The molecule has 3 aromatic carbocycles. The average Bonchev–Trinajstić information content (AvgIpc) is 2.72. The van der Waals surface area contributed by atoms with Crippen LogP contribution in [0.15, 0.2) is 69.3 Å². The van der Waals surface area contributed by atoms with Crippen LogP contribution in [0.1, 0.15) is 11.1 Å². The van der Waals surface area contributed by atoms with Gasteiger partial charge in [-0.1, -0.05) is 11.6 Å². The van der Waals surface area contributed by atoms with E-state index in [1.54, 1.807) is 0 Å². The molecule has 0 aliphatic rings. The van der Waals surface area contributed by atoms with Gasteiger partial charge in [0.05, 0.1) is 22.6 Å². The third kappa shape index (κ3) is 4.48. The number of anilines is 1. The first kappa shape index (κ1) is 22.9. The van der Waals surface area contributed by atoms with Gasteiger partial charge in [-0.15, -0.1) is 0 Å². The van der Waals surface area contributed by atoms with Crippen molar-refractivity contribution in [2.24, 2.45) is 0 Å². The maximum atomic E-state index is 13.2. The zero-order valence-electron chi connectivity index (χ0n) is 16.9. The Morgan fingerprint density at radius 1 is 0.903 bits per heavy atom. The van der Waals surface area contributed by atoms with Crippen molar-refractivity contribution < 1.29 is 26.7 Å². The van der Waals surface area contributed by atoms with Crippen molar-refractivity contribution in [2.45, 2.75) is 28.5 Å². The Kier molecular flexibility index (Phi) is 6.22. The van der Waals surface area contributed by atoms with E-state index in [4.69, 9.17) is 16.3 Å². The molecular formula is C21H20ClNO6S2. The number of sulfonamides is 1. The van der Waals surface area contributed by atoms with Crippen molar-refractivity contribution >= 4 is 37.1 Å². The van der Waals surface area contributed by atoms with Crippen molar-refractivity contribution in [3.8, 4) is 11.5 Å². The summed E-state index contributed by atoms with van der Waals surface area (Å²) >= 11 is 5.84. The SMILES string of the molecule is COc1ccc(S(=O)(=O)Nc2cc(C)c(O)c(S(=O)(=O)c3ccc(Cl)cc3)c2C)cc1. The summed E-state index contributed by atoms with van der Waals surface area (Å²) in [6, 6.07) is 12.6. The monoisotopic (exact) mass is 481 g/mol. The minimum Gasteiger partial charge on any atom is -0.506 e. The molecule has 0 amide bonds. The molecule has 3 rings (SSSR count). The van der Waals surface area contributed by atoms with Gasteiger partial charge in [0.25, 0.3) is 10.0 Å². The molecule has 10 heteroatoms. The molecule has 0 bridgehead atoms. The van der Waals surface area contributed by atoms with E-state index in [9.17, 15) is 21.9 Å². The normalized spacial score (nSPS) is 11.9. The largest absolute Gasteiger partial charge is 0.506 e. The third-order valence-electron chi connectivity index (χ3n) is 4.70. The van der Waals surface area contributed by atoms with Gasteiger partial charge in [-0.3, -0.25) is 4.72 Å². The molecule has 7 nitrogen and oxygen atoms in total. The molecule has 2 N–H and O–H groups in total. The zero-order valence-corrected chi connectivity index (χ0v) is 19.3. The molecule has 0 spiro atoms. The van der Waals surface area contributed by atoms with Crippen molar-refractivity contribution in [2.75, 3.05) is 11.8 Å². The summed E-state index contributed by atoms with van der Waals surface area (Å²) in [6.07, 6.45) is 0. The number of aryl methyl sites for hydroxylation is 1. The van der Waals surface area contributed by atoms with Gasteiger partial charge in [-0.05, 0) is 79.6 Å². The molecular weight excluding hydrogens is 462 g/mol. The lowest BCUT2D eigenvalue weighted by Gasteiger charge is -2.17. The number of hydrogen-bond acceptors (Lipinski definition) is 6. The highest BCUT2D eigenvalue weighted by atomic mass is 35.5. The third-order valence-corrected chi connectivity index (χ3v) is 8.26. The highest BCUT2D eigenvalue weighted by Crippen LogP contribution is 2.39. The van der Waals surface area contributed by atoms with Gasteiger partial charge in [0.1, 0.15) is 16.4 Å². The number of hydrogen-bond donors (Lipinski definition) is 2. The Balaban J connectivity index is 2.11. The van der Waals surface area contributed by atoms with E-state index in [0.717, 1.165) is 0 Å². The molecule has 164 valence electrons. The van der Waals surface area contributed by atoms with Crippen LogP contribution in [0, 0.1) is 13.8 Å². The Labute approximate surface area is 186 Å². The molecule has 31 heavy (non-hydrogen) atoms. The summed E-state index contributed by atoms with van der Waals surface area (Å²) < 4.78 is 59.5. The molecule has 0 unspecified atom stereocenters. The van der Waals surface area contributed by atoms with Gasteiger partial charge in [0.2, 0.25) is 9.84 Å². The van der Waals surface area contributed by atoms with Crippen LogP contribution in [-0.4, -0.2) is 29.1 Å². The maximum absolute atomic E-state index is 13.2. The molecule has 0 fully saturated rings. The lowest BCUT2D eigenvalue weighted by Crippen LogP contribution is -2.15. The number of phenolic OH excluding ortho intramolecular Hbond substituents is 1. The van der Waals surface area contributed by atoms with Crippen LogP contribution in [-0.2, 0) is 19.9 Å². The first-order valence-electron chi connectivity index (χ1n) is 8.98. The van der Waals surface area contributed by atoms with Crippen LogP contribution in [0.3, 0.4) is 0 Å². The van der Waals surface area contributed by atoms with E-state index >= 15 is 0 Å². The molecule has 0 heterocycles. The minimum atomic E-state index is -4.15. The Hall–Kier alpha value is -2.75. The smallest absolute Gasteiger partial charge is 0.261 e. The summed E-state index contributed by atoms with van der Waals surface area (Å²) in [7, 11) is -6.71. The molecule has 0 aliphatic carbocycles. The van der Waals surface area contributed by atoms with Gasteiger partial charge >= 0.3 is 0 Å². The molecule has 0 saturated heterocycles. The van der Waals surface area contributed by atoms with Gasteiger partial charge in [-0.25, -0.2) is 16.8 Å². The van der Waals surface area contributed by atoms with E-state index < -0.39 is 25.6 Å². The number of rotatable bonds is 6. The number of ether oxygens (including phenoxy) is 1. The topological polar surface area (TPSA) is 110 Å². The van der Waals surface area contributed by atoms with E-state index in [2.05, 4.69) is 4.72 Å². The Morgan fingerprint density at radius 2 is 1.45 bits per heavy atom. The lowest BCUT2D eigenvalue weighted by molar-refractivity contribution is 0.414. The van der Waals surface area contributed by atoms with Crippen LogP contribution < -0.4 is 9.46 Å². The van der Waals surface area contributed by atoms with Gasteiger partial charge < -0.3 is 9.84 Å². The maximum Gasteiger partial charge on any atom is 0.261 e. The van der Waals surface area contributed by atoms with Gasteiger partial charge in [0, 0.05) is 5.02 Å². The average molecular weight is 482 g/mol. The van der Waals surface area contributed by atoms with Gasteiger partial charge in [-0.2, -0.15) is 0 Å². The molecule has 0 aliphatic heterocycles. The van der Waals surface area contributed by atoms with Crippen molar-refractivity contribution in [1.82, 2.24) is 0 Å². The molecule has 0 radical (unpaired) electrons. The van der Waals surface area contributed by atoms with Crippen LogP contribution in [0.5, 0.6) is 11.5 Å². The number of sulfone groups is 1. The molecule has 0 aromatic heterocycles. The van der Waals surface area contributed by atoms with E-state index in [1.807, 2.05) is 0 Å². The summed E-state index contributed by atoms with van der Waals surface area (Å²) in [5, 5.41) is 10.9. The quantitative estimate of drug-likeness (QED) is 0.508. The fourth-order valence-corrected chi connectivity index (χ4v) is 5.90. The Bertz CT molecular complexity index is 1330. The number of halogens is 1. The molecule has 0 saturated carbocycles. The summed E-state index contributed by atoms with van der Waals surface area (Å²) in [5.74, 6) is 0.0480. The predicted octanol–water partition coefficient (Wildman–Crippen LogP) is 4.30.